The fourth-order valence-electron chi connectivity index (χ4n) is 2.10. The Morgan fingerprint density at radius 2 is 2.28 bits per heavy atom. The number of nitrogens with one attached hydrogen (secondary N) is 2. The highest BCUT2D eigenvalue weighted by Crippen LogP contribution is 1.96. The van der Waals surface area contributed by atoms with Crippen molar-refractivity contribution in [1.82, 2.24) is 25.1 Å². The van der Waals surface area contributed by atoms with Gasteiger partial charge in [0.15, 0.2) is 5.82 Å². The highest BCUT2D eigenvalue weighted by atomic mass is 16.2. The van der Waals surface area contributed by atoms with Crippen LogP contribution in [0.3, 0.4) is 0 Å². The molecule has 100 valence electrons. The smallest absolute Gasteiger partial charge is 0.287 e. The lowest BCUT2D eigenvalue weighted by Gasteiger charge is -2.27. The summed E-state index contributed by atoms with van der Waals surface area (Å²) in [5.41, 5.74) is 0. The zero-order chi connectivity index (χ0) is 12.8. The van der Waals surface area contributed by atoms with Gasteiger partial charge in [0.2, 0.25) is 0 Å². The lowest BCUT2D eigenvalue weighted by atomic mass is 10.3. The molecule has 6 heteroatoms. The second-order valence-corrected chi connectivity index (χ2v) is 4.56. The molecule has 1 aliphatic rings. The van der Waals surface area contributed by atoms with Crippen molar-refractivity contribution in [2.75, 3.05) is 39.3 Å². The number of aromatic nitrogens is 2. The van der Waals surface area contributed by atoms with Gasteiger partial charge in [-0.05, 0) is 13.0 Å². The SMILES string of the molecule is Cn1ccnc1C(=O)NCCCN1CCNCC1. The van der Waals surface area contributed by atoms with E-state index in [1.807, 2.05) is 7.05 Å². The molecular formula is C12H21N5O. The summed E-state index contributed by atoms with van der Waals surface area (Å²) in [7, 11) is 1.82. The van der Waals surface area contributed by atoms with Crippen LogP contribution in [0.2, 0.25) is 0 Å². The van der Waals surface area contributed by atoms with E-state index in [1.54, 1.807) is 17.0 Å². The fraction of sp³-hybridized carbons (Fsp3) is 0.667. The van der Waals surface area contributed by atoms with E-state index in [-0.39, 0.29) is 5.91 Å². The number of imidazole rings is 1. The van der Waals surface area contributed by atoms with Crippen LogP contribution < -0.4 is 10.6 Å². The zero-order valence-electron chi connectivity index (χ0n) is 10.9. The number of hydrogen-bond donors (Lipinski definition) is 2. The Morgan fingerprint density at radius 1 is 1.50 bits per heavy atom. The van der Waals surface area contributed by atoms with E-state index in [4.69, 9.17) is 0 Å². The maximum atomic E-state index is 11.8. The Labute approximate surface area is 107 Å². The highest BCUT2D eigenvalue weighted by Gasteiger charge is 2.11. The predicted octanol–water partition coefficient (Wildman–Crippen LogP) is -0.555. The Kier molecular flexibility index (Phi) is 4.72. The van der Waals surface area contributed by atoms with Crippen molar-refractivity contribution < 1.29 is 4.79 Å². The molecular weight excluding hydrogens is 230 g/mol. The lowest BCUT2D eigenvalue weighted by molar-refractivity contribution is 0.0938. The van der Waals surface area contributed by atoms with Crippen molar-refractivity contribution in [3.05, 3.63) is 18.2 Å². The van der Waals surface area contributed by atoms with Crippen LogP contribution in [0.15, 0.2) is 12.4 Å². The molecule has 0 saturated carbocycles. The van der Waals surface area contributed by atoms with Gasteiger partial charge >= 0.3 is 0 Å². The summed E-state index contributed by atoms with van der Waals surface area (Å²) in [6.07, 6.45) is 4.39. The van der Waals surface area contributed by atoms with Crippen molar-refractivity contribution in [2.24, 2.45) is 7.05 Å². The third-order valence-electron chi connectivity index (χ3n) is 3.17. The number of hydrogen-bond acceptors (Lipinski definition) is 4. The summed E-state index contributed by atoms with van der Waals surface area (Å²) >= 11 is 0. The normalized spacial score (nSPS) is 16.7. The number of carbonyl (C=O) groups is 1. The number of amides is 1. The Morgan fingerprint density at radius 3 is 2.94 bits per heavy atom. The topological polar surface area (TPSA) is 62.2 Å². The summed E-state index contributed by atoms with van der Waals surface area (Å²) < 4.78 is 1.73. The largest absolute Gasteiger partial charge is 0.349 e. The molecule has 0 atom stereocenters. The van der Waals surface area contributed by atoms with E-state index in [2.05, 4.69) is 20.5 Å². The number of rotatable bonds is 5. The summed E-state index contributed by atoms with van der Waals surface area (Å²) in [5.74, 6) is 0.375. The summed E-state index contributed by atoms with van der Waals surface area (Å²) in [6.45, 7) is 6.10. The minimum absolute atomic E-state index is 0.0946. The van der Waals surface area contributed by atoms with Crippen molar-refractivity contribution in [3.8, 4) is 0 Å². The average molecular weight is 251 g/mol. The molecule has 0 aromatic carbocycles. The molecule has 0 radical (unpaired) electrons. The van der Waals surface area contributed by atoms with Crippen LogP contribution in [0.4, 0.5) is 0 Å². The highest BCUT2D eigenvalue weighted by molar-refractivity contribution is 5.90. The number of piperazine rings is 1. The van der Waals surface area contributed by atoms with Crippen LogP contribution in [0.25, 0.3) is 0 Å². The molecule has 2 N–H and O–H groups in total. The van der Waals surface area contributed by atoms with Crippen LogP contribution >= 0.6 is 0 Å². The van der Waals surface area contributed by atoms with Crippen LogP contribution in [0.1, 0.15) is 17.0 Å². The first kappa shape index (κ1) is 13.0. The molecule has 0 spiro atoms. The summed E-state index contributed by atoms with van der Waals surface area (Å²) in [5, 5.41) is 6.23. The van der Waals surface area contributed by atoms with Gasteiger partial charge < -0.3 is 20.1 Å². The second-order valence-electron chi connectivity index (χ2n) is 4.56. The van der Waals surface area contributed by atoms with Crippen molar-refractivity contribution in [1.29, 1.82) is 0 Å². The van der Waals surface area contributed by atoms with Gasteiger partial charge in [0.05, 0.1) is 0 Å². The first-order valence-corrected chi connectivity index (χ1v) is 6.46. The molecule has 1 aliphatic heterocycles. The van der Waals surface area contributed by atoms with E-state index in [0.29, 0.717) is 12.4 Å². The standard InChI is InChI=1S/C12H21N5O/c1-16-8-6-14-11(16)12(18)15-3-2-7-17-9-4-13-5-10-17/h6,8,13H,2-5,7,9-10H2,1H3,(H,15,18). The maximum Gasteiger partial charge on any atom is 0.287 e. The van der Waals surface area contributed by atoms with E-state index < -0.39 is 0 Å². The number of aryl methyl sites for hydroxylation is 1. The molecule has 1 aromatic rings. The first-order chi connectivity index (χ1) is 8.77. The van der Waals surface area contributed by atoms with Gasteiger partial charge in [-0.3, -0.25) is 4.79 Å². The average Bonchev–Trinajstić information content (AvgIpc) is 2.82. The van der Waals surface area contributed by atoms with Crippen molar-refractivity contribution in [3.63, 3.8) is 0 Å². The van der Waals surface area contributed by atoms with Gasteiger partial charge in [-0.15, -0.1) is 0 Å². The Bertz CT molecular complexity index is 384. The van der Waals surface area contributed by atoms with Crippen LogP contribution in [0.5, 0.6) is 0 Å². The minimum Gasteiger partial charge on any atom is -0.349 e. The van der Waals surface area contributed by atoms with Gasteiger partial charge in [0.1, 0.15) is 0 Å². The van der Waals surface area contributed by atoms with Crippen molar-refractivity contribution >= 4 is 5.91 Å². The van der Waals surface area contributed by atoms with E-state index >= 15 is 0 Å². The molecule has 2 heterocycles. The van der Waals surface area contributed by atoms with Crippen LogP contribution in [0, 0.1) is 0 Å². The molecule has 1 fully saturated rings. The summed E-state index contributed by atoms with van der Waals surface area (Å²) in [6, 6.07) is 0. The second kappa shape index (κ2) is 6.51. The molecule has 18 heavy (non-hydrogen) atoms. The zero-order valence-corrected chi connectivity index (χ0v) is 10.9. The predicted molar refractivity (Wildman–Crippen MR) is 69.5 cm³/mol. The van der Waals surface area contributed by atoms with Gasteiger partial charge in [0.25, 0.3) is 5.91 Å². The van der Waals surface area contributed by atoms with Gasteiger partial charge in [-0.1, -0.05) is 0 Å². The molecule has 2 rings (SSSR count). The van der Waals surface area contributed by atoms with Gasteiger partial charge in [-0.25, -0.2) is 4.98 Å². The third-order valence-corrected chi connectivity index (χ3v) is 3.17. The van der Waals surface area contributed by atoms with Crippen LogP contribution in [-0.4, -0.2) is 59.6 Å². The Balaban J connectivity index is 1.63. The summed E-state index contributed by atoms with van der Waals surface area (Å²) in [4.78, 5) is 18.2. The van der Waals surface area contributed by atoms with E-state index in [1.165, 1.54) is 0 Å². The molecule has 0 aliphatic carbocycles. The molecule has 0 unspecified atom stereocenters. The monoisotopic (exact) mass is 251 g/mol. The maximum absolute atomic E-state index is 11.8. The lowest BCUT2D eigenvalue weighted by Crippen LogP contribution is -2.44. The fourth-order valence-corrected chi connectivity index (χ4v) is 2.10. The minimum atomic E-state index is -0.0946. The van der Waals surface area contributed by atoms with Crippen molar-refractivity contribution in [2.45, 2.75) is 6.42 Å². The van der Waals surface area contributed by atoms with E-state index in [0.717, 1.165) is 39.1 Å². The molecule has 0 bridgehead atoms. The number of nitrogens with zero attached hydrogens (tertiary/aromatic N) is 3. The Hall–Kier alpha value is -1.40. The molecule has 1 aromatic heterocycles. The molecule has 1 saturated heterocycles. The quantitative estimate of drug-likeness (QED) is 0.689. The molecule has 6 nitrogen and oxygen atoms in total. The number of carbonyl (C=O) groups excluding carboxylic acids is 1. The van der Waals surface area contributed by atoms with E-state index in [9.17, 15) is 4.79 Å². The first-order valence-electron chi connectivity index (χ1n) is 6.46. The molecule has 1 amide bonds. The van der Waals surface area contributed by atoms with Gasteiger partial charge in [-0.2, -0.15) is 0 Å². The van der Waals surface area contributed by atoms with Crippen LogP contribution in [-0.2, 0) is 7.05 Å². The van der Waals surface area contributed by atoms with Gasteiger partial charge in [0, 0.05) is 52.2 Å². The third kappa shape index (κ3) is 3.54.